The monoisotopic (exact) mass is 337 g/mol. The van der Waals surface area contributed by atoms with Gasteiger partial charge in [0.1, 0.15) is 6.04 Å². The van der Waals surface area contributed by atoms with E-state index in [0.29, 0.717) is 0 Å². The second-order valence-corrected chi connectivity index (χ2v) is 6.57. The highest BCUT2D eigenvalue weighted by Crippen LogP contribution is 2.37. The van der Waals surface area contributed by atoms with E-state index in [-0.39, 0.29) is 11.8 Å². The van der Waals surface area contributed by atoms with Crippen molar-refractivity contribution >= 4 is 17.6 Å². The normalized spacial score (nSPS) is 14.2. The molecule has 3 amide bonds. The number of carbonyl (C=O) groups is 2. The lowest BCUT2D eigenvalue weighted by Gasteiger charge is -2.22. The van der Waals surface area contributed by atoms with E-state index in [1.165, 1.54) is 16.7 Å². The first-order valence-corrected chi connectivity index (χ1v) is 8.57. The Morgan fingerprint density at radius 3 is 2.56 bits per heavy atom. The molecule has 0 radical (unpaired) electrons. The van der Waals surface area contributed by atoms with Gasteiger partial charge in [0.05, 0.1) is 0 Å². The number of rotatable bonds is 5. The average Bonchev–Trinajstić information content (AvgIpc) is 2.97. The zero-order chi connectivity index (χ0) is 18.0. The van der Waals surface area contributed by atoms with Crippen LogP contribution in [-0.2, 0) is 11.2 Å². The molecule has 0 fully saturated rings. The van der Waals surface area contributed by atoms with Crippen molar-refractivity contribution in [1.82, 2.24) is 5.32 Å². The molecule has 0 saturated carbocycles. The third-order valence-electron chi connectivity index (χ3n) is 4.86. The molecule has 2 aromatic carbocycles. The quantitative estimate of drug-likeness (QED) is 0.667. The Bertz CT molecular complexity index is 816. The first kappa shape index (κ1) is 17.0. The number of fused-ring (bicyclic) bond motifs is 3. The lowest BCUT2D eigenvalue weighted by atomic mass is 9.98. The fourth-order valence-corrected chi connectivity index (χ4v) is 3.28. The van der Waals surface area contributed by atoms with Crippen LogP contribution < -0.4 is 16.4 Å². The Hall–Kier alpha value is -2.82. The van der Waals surface area contributed by atoms with Crippen molar-refractivity contribution in [3.63, 3.8) is 0 Å². The van der Waals surface area contributed by atoms with Gasteiger partial charge < -0.3 is 16.4 Å². The number of nitrogens with two attached hydrogens (primary N) is 1. The van der Waals surface area contributed by atoms with E-state index in [2.05, 4.69) is 22.8 Å². The molecule has 0 saturated heterocycles. The second-order valence-electron chi connectivity index (χ2n) is 6.57. The molecule has 0 spiro atoms. The number of hydrogen-bond donors (Lipinski definition) is 3. The molecule has 4 N–H and O–H groups in total. The van der Waals surface area contributed by atoms with E-state index in [9.17, 15) is 9.59 Å². The van der Waals surface area contributed by atoms with Gasteiger partial charge in [-0.15, -0.1) is 0 Å². The molecule has 2 atom stereocenters. The summed E-state index contributed by atoms with van der Waals surface area (Å²) in [6, 6.07) is 12.9. The molecule has 0 bridgehead atoms. The van der Waals surface area contributed by atoms with E-state index in [1.54, 1.807) is 0 Å². The van der Waals surface area contributed by atoms with E-state index in [1.807, 2.05) is 44.2 Å². The Morgan fingerprint density at radius 2 is 1.84 bits per heavy atom. The van der Waals surface area contributed by atoms with Gasteiger partial charge in [-0.25, -0.2) is 4.79 Å². The summed E-state index contributed by atoms with van der Waals surface area (Å²) < 4.78 is 0. The zero-order valence-corrected chi connectivity index (χ0v) is 14.5. The maximum absolute atomic E-state index is 12.6. The van der Waals surface area contributed by atoms with Gasteiger partial charge in [-0.05, 0) is 46.7 Å². The molecule has 25 heavy (non-hydrogen) atoms. The molecule has 5 heteroatoms. The fourth-order valence-electron chi connectivity index (χ4n) is 3.28. The molecule has 5 nitrogen and oxygen atoms in total. The van der Waals surface area contributed by atoms with Crippen molar-refractivity contribution < 1.29 is 9.59 Å². The number of primary amides is 1. The number of benzene rings is 2. The third kappa shape index (κ3) is 3.50. The predicted octanol–water partition coefficient (Wildman–Crippen LogP) is 3.28. The third-order valence-corrected chi connectivity index (χ3v) is 4.86. The minimum atomic E-state index is -0.691. The van der Waals surface area contributed by atoms with Crippen LogP contribution in [0.25, 0.3) is 11.1 Å². The van der Waals surface area contributed by atoms with Crippen molar-refractivity contribution in [3.8, 4) is 11.1 Å². The highest BCUT2D eigenvalue weighted by atomic mass is 16.2. The van der Waals surface area contributed by atoms with Crippen molar-refractivity contribution in [2.75, 3.05) is 5.32 Å². The molecule has 0 heterocycles. The SMILES string of the molecule is CC[C@H](C)[C@H](NC(N)=O)C(=O)Nc1ccc2c(c1)-c1ccccc1C2. The maximum atomic E-state index is 12.6. The summed E-state index contributed by atoms with van der Waals surface area (Å²) >= 11 is 0. The maximum Gasteiger partial charge on any atom is 0.312 e. The summed E-state index contributed by atoms with van der Waals surface area (Å²) in [5, 5.41) is 5.46. The van der Waals surface area contributed by atoms with Crippen molar-refractivity contribution in [1.29, 1.82) is 0 Å². The summed E-state index contributed by atoms with van der Waals surface area (Å²) in [4.78, 5) is 23.8. The van der Waals surface area contributed by atoms with Crippen LogP contribution in [0.3, 0.4) is 0 Å². The Kier molecular flexibility index (Phi) is 4.74. The number of urea groups is 1. The average molecular weight is 337 g/mol. The molecular weight excluding hydrogens is 314 g/mol. The van der Waals surface area contributed by atoms with Gasteiger partial charge in [-0.3, -0.25) is 4.79 Å². The minimum Gasteiger partial charge on any atom is -0.352 e. The van der Waals surface area contributed by atoms with E-state index >= 15 is 0 Å². The first-order valence-electron chi connectivity index (χ1n) is 8.57. The Morgan fingerprint density at radius 1 is 1.12 bits per heavy atom. The number of nitrogens with one attached hydrogen (secondary N) is 2. The van der Waals surface area contributed by atoms with Crippen LogP contribution in [0.2, 0.25) is 0 Å². The molecule has 0 aliphatic heterocycles. The standard InChI is InChI=1S/C20H23N3O2/c1-3-12(2)18(23-20(21)25)19(24)22-15-9-8-14-10-13-6-4-5-7-16(13)17(14)11-15/h4-9,11-12,18H,3,10H2,1-2H3,(H,22,24)(H3,21,23,25)/t12-,18-/m0/s1. The number of hydrogen-bond acceptors (Lipinski definition) is 2. The minimum absolute atomic E-state index is 0.0114. The van der Waals surface area contributed by atoms with Gasteiger partial charge in [0, 0.05) is 5.69 Å². The van der Waals surface area contributed by atoms with Gasteiger partial charge >= 0.3 is 6.03 Å². The molecule has 1 aliphatic carbocycles. The van der Waals surface area contributed by atoms with E-state index in [4.69, 9.17) is 5.73 Å². The number of anilines is 1. The molecule has 1 aliphatic rings. The first-order chi connectivity index (χ1) is 12.0. The topological polar surface area (TPSA) is 84.2 Å². The predicted molar refractivity (Wildman–Crippen MR) is 99.3 cm³/mol. The van der Waals surface area contributed by atoms with Gasteiger partial charge in [-0.2, -0.15) is 0 Å². The molecule has 0 unspecified atom stereocenters. The number of carbonyl (C=O) groups excluding carboxylic acids is 2. The molecular formula is C20H23N3O2. The fraction of sp³-hybridized carbons (Fsp3) is 0.300. The van der Waals surface area contributed by atoms with Crippen molar-refractivity contribution in [3.05, 3.63) is 53.6 Å². The van der Waals surface area contributed by atoms with Crippen LogP contribution in [0, 0.1) is 5.92 Å². The largest absolute Gasteiger partial charge is 0.352 e. The van der Waals surface area contributed by atoms with Gasteiger partial charge in [0.15, 0.2) is 0 Å². The van der Waals surface area contributed by atoms with E-state index in [0.717, 1.165) is 24.1 Å². The zero-order valence-electron chi connectivity index (χ0n) is 14.5. The summed E-state index contributed by atoms with van der Waals surface area (Å²) in [7, 11) is 0. The van der Waals surface area contributed by atoms with Crippen LogP contribution in [0.5, 0.6) is 0 Å². The van der Waals surface area contributed by atoms with Gasteiger partial charge in [-0.1, -0.05) is 50.6 Å². The Balaban J connectivity index is 1.82. The molecule has 0 aromatic heterocycles. The van der Waals surface area contributed by atoms with Crippen LogP contribution in [-0.4, -0.2) is 18.0 Å². The highest BCUT2D eigenvalue weighted by Gasteiger charge is 2.26. The molecule has 130 valence electrons. The van der Waals surface area contributed by atoms with Gasteiger partial charge in [0.25, 0.3) is 0 Å². The summed E-state index contributed by atoms with van der Waals surface area (Å²) in [6.45, 7) is 3.89. The van der Waals surface area contributed by atoms with Crippen molar-refractivity contribution in [2.24, 2.45) is 11.7 Å². The smallest absolute Gasteiger partial charge is 0.312 e. The second kappa shape index (κ2) is 6.97. The summed E-state index contributed by atoms with van der Waals surface area (Å²) in [5.41, 5.74) is 10.9. The van der Waals surface area contributed by atoms with Crippen LogP contribution >= 0.6 is 0 Å². The van der Waals surface area contributed by atoms with Crippen LogP contribution in [0.15, 0.2) is 42.5 Å². The summed E-state index contributed by atoms with van der Waals surface area (Å²) in [6.07, 6.45) is 1.67. The van der Waals surface area contributed by atoms with Crippen LogP contribution in [0.1, 0.15) is 31.4 Å². The summed E-state index contributed by atoms with van der Waals surface area (Å²) in [5.74, 6) is -0.262. The van der Waals surface area contributed by atoms with Crippen LogP contribution in [0.4, 0.5) is 10.5 Å². The van der Waals surface area contributed by atoms with Gasteiger partial charge in [0.2, 0.25) is 5.91 Å². The molecule has 2 aromatic rings. The van der Waals surface area contributed by atoms with E-state index < -0.39 is 12.1 Å². The number of amides is 3. The molecule has 3 rings (SSSR count). The lowest BCUT2D eigenvalue weighted by Crippen LogP contribution is -2.49. The van der Waals surface area contributed by atoms with Crippen molar-refractivity contribution in [2.45, 2.75) is 32.7 Å². The lowest BCUT2D eigenvalue weighted by molar-refractivity contribution is -0.119. The highest BCUT2D eigenvalue weighted by molar-refractivity contribution is 5.98. The Labute approximate surface area is 147 Å².